The smallest absolute Gasteiger partial charge is 0.265 e. The van der Waals surface area contributed by atoms with Crippen LogP contribution in [0.2, 0.25) is 5.15 Å². The van der Waals surface area contributed by atoms with E-state index in [-0.39, 0.29) is 22.0 Å². The summed E-state index contributed by atoms with van der Waals surface area (Å²) in [5.74, 6) is -1.20. The molecular formula is C20H13ClFN5O2. The Morgan fingerprint density at radius 3 is 2.38 bits per heavy atom. The van der Waals surface area contributed by atoms with Crippen molar-refractivity contribution in [3.63, 3.8) is 0 Å². The van der Waals surface area contributed by atoms with Crippen LogP contribution in [-0.4, -0.2) is 25.8 Å². The summed E-state index contributed by atoms with van der Waals surface area (Å²) in [6, 6.07) is 10.1. The second-order valence-electron chi connectivity index (χ2n) is 6.36. The zero-order valence-corrected chi connectivity index (χ0v) is 15.8. The summed E-state index contributed by atoms with van der Waals surface area (Å²) in [4.78, 5) is 39.8. The third kappa shape index (κ3) is 3.57. The molecule has 9 heteroatoms. The van der Waals surface area contributed by atoms with Crippen molar-refractivity contribution in [2.75, 3.05) is 0 Å². The van der Waals surface area contributed by atoms with Gasteiger partial charge in [0, 0.05) is 22.9 Å². The van der Waals surface area contributed by atoms with Gasteiger partial charge in [0.15, 0.2) is 11.2 Å². The number of benzene rings is 1. The fourth-order valence-corrected chi connectivity index (χ4v) is 3.22. The maximum Gasteiger partial charge on any atom is 0.265 e. The molecule has 0 aliphatic carbocycles. The largest absolute Gasteiger partial charge is 0.364 e. The van der Waals surface area contributed by atoms with E-state index in [2.05, 4.69) is 19.9 Å². The van der Waals surface area contributed by atoms with Gasteiger partial charge in [0.25, 0.3) is 5.91 Å². The first-order valence-electron chi connectivity index (χ1n) is 8.47. The Labute approximate surface area is 168 Å². The van der Waals surface area contributed by atoms with Crippen molar-refractivity contribution < 1.29 is 9.18 Å². The molecule has 3 N–H and O–H groups in total. The number of nitrogens with two attached hydrogens (primary N) is 1. The van der Waals surface area contributed by atoms with Gasteiger partial charge in [0.2, 0.25) is 5.43 Å². The second kappa shape index (κ2) is 7.06. The van der Waals surface area contributed by atoms with Gasteiger partial charge >= 0.3 is 0 Å². The Bertz CT molecular complexity index is 1320. The zero-order valence-electron chi connectivity index (χ0n) is 15.0. The highest BCUT2D eigenvalue weighted by Crippen LogP contribution is 2.31. The van der Waals surface area contributed by atoms with Crippen molar-refractivity contribution in [1.29, 1.82) is 0 Å². The molecule has 3 aromatic heterocycles. The molecule has 144 valence electrons. The van der Waals surface area contributed by atoms with Crippen molar-refractivity contribution in [2.24, 2.45) is 5.73 Å². The first kappa shape index (κ1) is 18.7. The maximum absolute atomic E-state index is 13.4. The van der Waals surface area contributed by atoms with Crippen molar-refractivity contribution in [3.05, 3.63) is 75.0 Å². The number of nitrogens with zero attached hydrogens (tertiary/aromatic N) is 3. The summed E-state index contributed by atoms with van der Waals surface area (Å²) >= 11 is 6.10. The molecule has 0 saturated heterocycles. The van der Waals surface area contributed by atoms with Crippen LogP contribution in [0, 0.1) is 12.7 Å². The predicted molar refractivity (Wildman–Crippen MR) is 107 cm³/mol. The summed E-state index contributed by atoms with van der Waals surface area (Å²) < 4.78 is 13.4. The van der Waals surface area contributed by atoms with Crippen LogP contribution < -0.4 is 11.2 Å². The number of primary amides is 1. The molecule has 0 aliphatic rings. The van der Waals surface area contributed by atoms with E-state index in [1.807, 2.05) is 0 Å². The zero-order chi connectivity index (χ0) is 20.7. The molecule has 1 aromatic carbocycles. The SMILES string of the molecule is Cc1cc(-c2nc3c(=O)cc(C(N)=O)[nH]c3nc2-c2ccc(F)cc2)cc(Cl)n1. The van der Waals surface area contributed by atoms with Crippen LogP contribution in [0.25, 0.3) is 33.7 Å². The number of hydrogen-bond donors (Lipinski definition) is 2. The number of aromatic amines is 1. The van der Waals surface area contributed by atoms with Gasteiger partial charge in [-0.1, -0.05) is 11.6 Å². The first-order valence-corrected chi connectivity index (χ1v) is 8.85. The lowest BCUT2D eigenvalue weighted by molar-refractivity contribution is 0.0996. The fraction of sp³-hybridized carbons (Fsp3) is 0.0500. The monoisotopic (exact) mass is 409 g/mol. The third-order valence-corrected chi connectivity index (χ3v) is 4.43. The van der Waals surface area contributed by atoms with Gasteiger partial charge in [-0.25, -0.2) is 19.3 Å². The average Bonchev–Trinajstić information content (AvgIpc) is 2.67. The second-order valence-corrected chi connectivity index (χ2v) is 6.74. The predicted octanol–water partition coefficient (Wildman–Crippen LogP) is 3.25. The molecule has 0 bridgehead atoms. The van der Waals surface area contributed by atoms with Gasteiger partial charge in [0.1, 0.15) is 16.7 Å². The fourth-order valence-electron chi connectivity index (χ4n) is 2.97. The minimum atomic E-state index is -0.797. The number of amides is 1. The Morgan fingerprint density at radius 1 is 1.03 bits per heavy atom. The van der Waals surface area contributed by atoms with E-state index < -0.39 is 17.2 Å². The van der Waals surface area contributed by atoms with Crippen LogP contribution in [0.15, 0.2) is 47.3 Å². The number of carbonyl (C=O) groups is 1. The van der Waals surface area contributed by atoms with Gasteiger partial charge in [-0.15, -0.1) is 0 Å². The molecule has 0 aliphatic heterocycles. The number of hydrogen-bond acceptors (Lipinski definition) is 5. The van der Waals surface area contributed by atoms with Crippen LogP contribution >= 0.6 is 11.6 Å². The highest BCUT2D eigenvalue weighted by atomic mass is 35.5. The minimum absolute atomic E-state index is 0.0291. The lowest BCUT2D eigenvalue weighted by atomic mass is 10.0. The molecule has 0 spiro atoms. The molecule has 3 heterocycles. The molecule has 0 fully saturated rings. The Hall–Kier alpha value is -3.65. The molecule has 29 heavy (non-hydrogen) atoms. The van der Waals surface area contributed by atoms with E-state index in [1.165, 1.54) is 12.1 Å². The van der Waals surface area contributed by atoms with Crippen LogP contribution in [0.5, 0.6) is 0 Å². The van der Waals surface area contributed by atoms with Gasteiger partial charge in [-0.3, -0.25) is 9.59 Å². The van der Waals surface area contributed by atoms with E-state index in [4.69, 9.17) is 17.3 Å². The Balaban J connectivity index is 2.09. The van der Waals surface area contributed by atoms with Crippen LogP contribution in [0.4, 0.5) is 4.39 Å². The average molecular weight is 410 g/mol. The van der Waals surface area contributed by atoms with Crippen molar-refractivity contribution in [3.8, 4) is 22.5 Å². The van der Waals surface area contributed by atoms with E-state index in [9.17, 15) is 14.0 Å². The minimum Gasteiger partial charge on any atom is -0.364 e. The maximum atomic E-state index is 13.4. The quantitative estimate of drug-likeness (QED) is 0.504. The molecule has 0 radical (unpaired) electrons. The number of fused-ring (bicyclic) bond motifs is 1. The third-order valence-electron chi connectivity index (χ3n) is 4.24. The van der Waals surface area contributed by atoms with Crippen LogP contribution in [-0.2, 0) is 0 Å². The first-order chi connectivity index (χ1) is 13.8. The van der Waals surface area contributed by atoms with Crippen LogP contribution in [0.1, 0.15) is 16.2 Å². The summed E-state index contributed by atoms with van der Waals surface area (Å²) in [6.45, 7) is 1.77. The molecule has 7 nitrogen and oxygen atoms in total. The lowest BCUT2D eigenvalue weighted by Crippen LogP contribution is -2.18. The molecule has 4 aromatic rings. The summed E-state index contributed by atoms with van der Waals surface area (Å²) in [5.41, 5.74) is 7.34. The van der Waals surface area contributed by atoms with Gasteiger partial charge < -0.3 is 10.7 Å². The van der Waals surface area contributed by atoms with E-state index in [1.54, 1.807) is 31.2 Å². The molecular weight excluding hydrogens is 397 g/mol. The Morgan fingerprint density at radius 2 is 1.72 bits per heavy atom. The summed E-state index contributed by atoms with van der Waals surface area (Å²) in [7, 11) is 0. The lowest BCUT2D eigenvalue weighted by Gasteiger charge is -2.11. The number of halogens is 2. The highest BCUT2D eigenvalue weighted by Gasteiger charge is 2.17. The van der Waals surface area contributed by atoms with Crippen molar-refractivity contribution in [1.82, 2.24) is 19.9 Å². The number of nitrogens with one attached hydrogen (secondary N) is 1. The number of H-pyrrole nitrogens is 1. The van der Waals surface area contributed by atoms with E-state index in [0.29, 0.717) is 28.2 Å². The molecule has 0 atom stereocenters. The van der Waals surface area contributed by atoms with Crippen molar-refractivity contribution in [2.45, 2.75) is 6.92 Å². The number of carbonyl (C=O) groups excluding carboxylic acids is 1. The number of rotatable bonds is 3. The summed E-state index contributed by atoms with van der Waals surface area (Å²) in [5, 5.41) is 0.255. The van der Waals surface area contributed by atoms with Gasteiger partial charge in [-0.2, -0.15) is 0 Å². The van der Waals surface area contributed by atoms with Crippen molar-refractivity contribution >= 4 is 28.7 Å². The number of aryl methyl sites for hydroxylation is 1. The molecule has 1 amide bonds. The molecule has 0 unspecified atom stereocenters. The molecule has 4 rings (SSSR count). The van der Waals surface area contributed by atoms with Gasteiger partial charge in [0.05, 0.1) is 11.4 Å². The topological polar surface area (TPSA) is 115 Å². The number of aromatic nitrogens is 4. The number of pyridine rings is 2. The standard InChI is InChI=1S/C20H13ClFN5O2/c1-9-6-11(7-15(21)24-9)17-16(10-2-4-12(22)5-3-10)27-20-18(26-17)14(28)8-13(25-20)19(23)29/h2-8H,1H3,(H2,23,29)(H,25,27,28). The highest BCUT2D eigenvalue weighted by molar-refractivity contribution is 6.29. The van der Waals surface area contributed by atoms with Crippen LogP contribution in [0.3, 0.4) is 0 Å². The Kier molecular flexibility index (Phi) is 4.56. The normalized spacial score (nSPS) is 11.0. The van der Waals surface area contributed by atoms with Gasteiger partial charge in [-0.05, 0) is 43.3 Å². The van der Waals surface area contributed by atoms with E-state index in [0.717, 1.165) is 6.07 Å². The summed E-state index contributed by atoms with van der Waals surface area (Å²) in [6.07, 6.45) is 0. The van der Waals surface area contributed by atoms with E-state index >= 15 is 0 Å². The molecule has 0 saturated carbocycles.